The van der Waals surface area contributed by atoms with Gasteiger partial charge >= 0.3 is 0 Å². The first-order valence-electron chi connectivity index (χ1n) is 15.5. The lowest BCUT2D eigenvalue weighted by atomic mass is 9.83. The Hall–Kier alpha value is -3.69. The van der Waals surface area contributed by atoms with Gasteiger partial charge < -0.3 is 30.7 Å². The number of rotatable bonds is 3. The zero-order valence-corrected chi connectivity index (χ0v) is 25.8. The molecule has 3 atom stereocenters. The molecule has 2 aliphatic rings. The second-order valence-electron chi connectivity index (χ2n) is 11.1. The fraction of sp³-hybridized carbons (Fsp3) is 0.500. The van der Waals surface area contributed by atoms with Gasteiger partial charge in [-0.2, -0.15) is 0 Å². The highest BCUT2D eigenvalue weighted by atomic mass is 16.5. The summed E-state index contributed by atoms with van der Waals surface area (Å²) in [6.07, 6.45) is 8.85. The first-order valence-corrected chi connectivity index (χ1v) is 15.5. The van der Waals surface area contributed by atoms with Crippen molar-refractivity contribution in [2.24, 2.45) is 5.92 Å². The lowest BCUT2D eigenvalue weighted by Crippen LogP contribution is -2.59. The highest BCUT2D eigenvalue weighted by molar-refractivity contribution is 5.92. The maximum Gasteiger partial charge on any atom is 0.245 e. The molecule has 1 aliphatic heterocycles. The fourth-order valence-electron chi connectivity index (χ4n) is 5.53. The summed E-state index contributed by atoms with van der Waals surface area (Å²) in [5, 5.41) is 19.0. The fourth-order valence-corrected chi connectivity index (χ4v) is 5.53. The third-order valence-electron chi connectivity index (χ3n) is 7.91. The summed E-state index contributed by atoms with van der Waals surface area (Å²) >= 11 is 0. The predicted octanol–water partition coefficient (Wildman–Crippen LogP) is 3.32. The topological polar surface area (TPSA) is 120 Å². The molecule has 0 saturated heterocycles. The van der Waals surface area contributed by atoms with E-state index in [-0.39, 0.29) is 30.8 Å². The summed E-state index contributed by atoms with van der Waals surface area (Å²) < 4.78 is 6.00. The van der Waals surface area contributed by atoms with Crippen molar-refractivity contribution in [3.63, 3.8) is 0 Å². The molecule has 4 rings (SSSR count). The number of likely N-dealkylation sites (N-methyl/N-ethyl adjacent to an activating group) is 1. The Bertz CT molecular complexity index is 1180. The van der Waals surface area contributed by atoms with Crippen molar-refractivity contribution in [1.82, 2.24) is 20.9 Å². The van der Waals surface area contributed by atoms with E-state index in [9.17, 15) is 19.5 Å². The molecule has 2 aromatic carbocycles. The summed E-state index contributed by atoms with van der Waals surface area (Å²) in [7, 11) is 1.53. The predicted molar refractivity (Wildman–Crippen MR) is 169 cm³/mol. The first-order chi connectivity index (χ1) is 20.8. The Morgan fingerprint density at radius 3 is 2.35 bits per heavy atom. The zero-order chi connectivity index (χ0) is 31.0. The number of ether oxygens (including phenoxy) is 1. The number of amides is 3. The minimum atomic E-state index is -1.11. The number of carbonyl (C=O) groups is 3. The number of nitrogens with one attached hydrogen (secondary N) is 3. The lowest BCUT2D eigenvalue weighted by molar-refractivity contribution is -0.145. The van der Waals surface area contributed by atoms with E-state index in [0.29, 0.717) is 13.2 Å². The van der Waals surface area contributed by atoms with E-state index >= 15 is 0 Å². The van der Waals surface area contributed by atoms with Gasteiger partial charge in [-0.05, 0) is 43.7 Å². The minimum Gasteiger partial charge on any atom is -0.492 e. The number of benzene rings is 2. The SMILES string of the molecule is CC(O)C1C(=O)NCC(=O)NC/C=C/c2ccccc2OCCNC(C2CCCCC2)C(=O)N1C.CCc1ccccc1. The second kappa shape index (κ2) is 18.1. The number of aryl methyl sites for hydroxylation is 1. The van der Waals surface area contributed by atoms with E-state index in [1.165, 1.54) is 24.4 Å². The largest absolute Gasteiger partial charge is 0.492 e. The molecule has 9 heteroatoms. The van der Waals surface area contributed by atoms with E-state index in [4.69, 9.17) is 4.74 Å². The second-order valence-corrected chi connectivity index (χ2v) is 11.1. The van der Waals surface area contributed by atoms with Crippen LogP contribution in [0, 0.1) is 5.92 Å². The number of fused-ring (bicyclic) bond motifs is 1. The van der Waals surface area contributed by atoms with Gasteiger partial charge in [0.15, 0.2) is 0 Å². The van der Waals surface area contributed by atoms with E-state index in [2.05, 4.69) is 47.1 Å². The van der Waals surface area contributed by atoms with Crippen LogP contribution in [0.15, 0.2) is 60.7 Å². The van der Waals surface area contributed by atoms with Crippen LogP contribution in [0.25, 0.3) is 6.08 Å². The van der Waals surface area contributed by atoms with Crippen molar-refractivity contribution in [3.05, 3.63) is 71.8 Å². The van der Waals surface area contributed by atoms with Crippen LogP contribution in [0.2, 0.25) is 0 Å². The molecule has 43 heavy (non-hydrogen) atoms. The van der Waals surface area contributed by atoms with Crippen molar-refractivity contribution < 1.29 is 24.2 Å². The summed E-state index contributed by atoms with van der Waals surface area (Å²) in [6, 6.07) is 16.5. The van der Waals surface area contributed by atoms with E-state index in [1.807, 2.05) is 42.5 Å². The Balaban J connectivity index is 0.000000546. The molecule has 3 unspecified atom stereocenters. The molecule has 1 fully saturated rings. The summed E-state index contributed by atoms with van der Waals surface area (Å²) in [5.74, 6) is -0.317. The molecule has 3 amide bonds. The van der Waals surface area contributed by atoms with Gasteiger partial charge in [0.1, 0.15) is 18.4 Å². The number of hydrogen-bond donors (Lipinski definition) is 4. The van der Waals surface area contributed by atoms with E-state index < -0.39 is 24.1 Å². The van der Waals surface area contributed by atoms with Crippen LogP contribution in [0.4, 0.5) is 0 Å². The maximum absolute atomic E-state index is 13.6. The molecule has 2 aromatic rings. The Labute approximate surface area is 256 Å². The molecule has 0 spiro atoms. The van der Waals surface area contributed by atoms with Crippen LogP contribution in [-0.2, 0) is 20.8 Å². The molecule has 0 radical (unpaired) electrons. The van der Waals surface area contributed by atoms with Crippen molar-refractivity contribution in [1.29, 1.82) is 0 Å². The van der Waals surface area contributed by atoms with Crippen LogP contribution in [0.1, 0.15) is 57.1 Å². The summed E-state index contributed by atoms with van der Waals surface area (Å²) in [4.78, 5) is 40.0. The van der Waals surface area contributed by atoms with E-state index in [1.54, 1.807) is 0 Å². The van der Waals surface area contributed by atoms with Crippen LogP contribution in [0.3, 0.4) is 0 Å². The number of aliphatic hydroxyl groups excluding tert-OH is 1. The molecule has 234 valence electrons. The first kappa shape index (κ1) is 33.8. The lowest BCUT2D eigenvalue weighted by Gasteiger charge is -2.36. The molecule has 9 nitrogen and oxygen atoms in total. The third kappa shape index (κ3) is 10.8. The van der Waals surface area contributed by atoms with Gasteiger partial charge in [0.05, 0.1) is 18.7 Å². The quantitative estimate of drug-likeness (QED) is 0.434. The van der Waals surface area contributed by atoms with Gasteiger partial charge in [-0.1, -0.05) is 86.9 Å². The molecule has 1 saturated carbocycles. The number of nitrogens with zero attached hydrogens (tertiary/aromatic N) is 1. The van der Waals surface area contributed by atoms with E-state index in [0.717, 1.165) is 49.8 Å². The summed E-state index contributed by atoms with van der Waals surface area (Å²) in [5.41, 5.74) is 2.29. The van der Waals surface area contributed by atoms with Gasteiger partial charge in [-0.3, -0.25) is 14.4 Å². The summed E-state index contributed by atoms with van der Waals surface area (Å²) in [6.45, 7) is 4.49. The van der Waals surface area contributed by atoms with Crippen LogP contribution in [0.5, 0.6) is 5.75 Å². The number of aliphatic hydroxyl groups is 1. The average molecular weight is 593 g/mol. The Morgan fingerprint density at radius 1 is 0.977 bits per heavy atom. The average Bonchev–Trinajstić information content (AvgIpc) is 3.03. The zero-order valence-electron chi connectivity index (χ0n) is 25.8. The van der Waals surface area contributed by atoms with Gasteiger partial charge in [0.25, 0.3) is 0 Å². The monoisotopic (exact) mass is 592 g/mol. The van der Waals surface area contributed by atoms with Crippen LogP contribution >= 0.6 is 0 Å². The Kier molecular flexibility index (Phi) is 14.2. The van der Waals surface area contributed by atoms with Gasteiger partial charge in [-0.25, -0.2) is 0 Å². The maximum atomic E-state index is 13.6. The minimum absolute atomic E-state index is 0.142. The molecular weight excluding hydrogens is 544 g/mol. The van der Waals surface area contributed by atoms with Gasteiger partial charge in [-0.15, -0.1) is 0 Å². The molecule has 0 aromatic heterocycles. The molecule has 0 bridgehead atoms. The van der Waals surface area contributed by atoms with Crippen molar-refractivity contribution in [3.8, 4) is 5.75 Å². The van der Waals surface area contributed by atoms with Crippen molar-refractivity contribution in [2.45, 2.75) is 70.6 Å². The Morgan fingerprint density at radius 2 is 1.67 bits per heavy atom. The van der Waals surface area contributed by atoms with Crippen LogP contribution in [-0.4, -0.2) is 79.2 Å². The normalized spacial score (nSPS) is 22.7. The van der Waals surface area contributed by atoms with Crippen molar-refractivity contribution >= 4 is 23.8 Å². The number of para-hydroxylation sites is 1. The molecule has 1 heterocycles. The van der Waals surface area contributed by atoms with Crippen LogP contribution < -0.4 is 20.7 Å². The highest BCUT2D eigenvalue weighted by Gasteiger charge is 2.37. The van der Waals surface area contributed by atoms with Gasteiger partial charge in [0, 0.05) is 25.7 Å². The standard InChI is InChI=1S/C26H38N4O5.C8H10/c1-18(31)24-25(33)29-17-22(32)27-14-8-12-19-9-6-7-13-21(19)35-16-15-28-23(26(34)30(24)2)20-10-4-3-5-11-20;1-2-8-6-4-3-5-7-8/h6-9,12-13,18,20,23-24,28,31H,3-5,10-11,14-17H2,1-2H3,(H,27,32)(H,29,33);3-7H,2H2,1H3/b12-8+;. The number of carbonyl (C=O) groups excluding carboxylic acids is 3. The van der Waals surface area contributed by atoms with Gasteiger partial charge in [0.2, 0.25) is 17.7 Å². The molecular formula is C34H48N4O5. The van der Waals surface area contributed by atoms with Crippen molar-refractivity contribution in [2.75, 3.05) is 33.3 Å². The highest BCUT2D eigenvalue weighted by Crippen LogP contribution is 2.28. The third-order valence-corrected chi connectivity index (χ3v) is 7.91. The smallest absolute Gasteiger partial charge is 0.245 e. The molecule has 4 N–H and O–H groups in total. The molecule has 1 aliphatic carbocycles. The number of hydrogen-bond acceptors (Lipinski definition) is 6.